The zero-order chi connectivity index (χ0) is 11.0. The Kier molecular flexibility index (Phi) is 3.27. The van der Waals surface area contributed by atoms with Crippen LogP contribution >= 0.6 is 0 Å². The Morgan fingerprint density at radius 3 is 2.80 bits per heavy atom. The minimum absolute atomic E-state index is 0.0322. The third-order valence-corrected chi connectivity index (χ3v) is 3.67. The number of hydrogen-bond acceptors (Lipinski definition) is 5. The number of ether oxygens (including phenoxy) is 1. The van der Waals surface area contributed by atoms with Crippen LogP contribution in [-0.2, 0) is 4.74 Å². The fourth-order valence-corrected chi connectivity index (χ4v) is 2.68. The lowest BCUT2D eigenvalue weighted by Crippen LogP contribution is -2.47. The average Bonchev–Trinajstić information content (AvgIpc) is 2.54. The van der Waals surface area contributed by atoms with E-state index in [1.807, 2.05) is 14.1 Å². The monoisotopic (exact) mass is 216 g/mol. The molecule has 1 unspecified atom stereocenters. The first-order chi connectivity index (χ1) is 7.17. The van der Waals surface area contributed by atoms with Crippen molar-refractivity contribution in [1.29, 1.82) is 0 Å². The van der Waals surface area contributed by atoms with Gasteiger partial charge in [-0.15, -0.1) is 0 Å². The first kappa shape index (κ1) is 11.3. The number of aliphatic hydroxyl groups excluding tert-OH is 2. The number of likely N-dealkylation sites (N-methyl/N-ethyl adjacent to an activating group) is 1. The topological polar surface area (TPSA) is 65.0 Å². The number of rotatable bonds is 2. The smallest absolute Gasteiger partial charge is 0.166 e. The highest BCUT2D eigenvalue weighted by Crippen LogP contribution is 2.35. The molecule has 5 nitrogen and oxygen atoms in total. The van der Waals surface area contributed by atoms with Crippen molar-refractivity contribution in [3.8, 4) is 0 Å². The second-order valence-corrected chi connectivity index (χ2v) is 4.53. The van der Waals surface area contributed by atoms with Crippen molar-refractivity contribution in [3.63, 3.8) is 0 Å². The van der Waals surface area contributed by atoms with E-state index in [0.717, 1.165) is 6.42 Å². The number of fused-ring (bicyclic) bond motifs is 1. The predicted octanol–water partition coefficient (Wildman–Crippen LogP) is -1.05. The maximum atomic E-state index is 9.83. The Hall–Kier alpha value is -0.200. The van der Waals surface area contributed by atoms with Gasteiger partial charge in [0.1, 0.15) is 0 Å². The van der Waals surface area contributed by atoms with Crippen LogP contribution in [0.25, 0.3) is 0 Å². The lowest BCUT2D eigenvalue weighted by atomic mass is 9.82. The Morgan fingerprint density at radius 1 is 1.47 bits per heavy atom. The van der Waals surface area contributed by atoms with Gasteiger partial charge in [0.05, 0.1) is 12.2 Å². The van der Waals surface area contributed by atoms with E-state index in [4.69, 9.17) is 9.84 Å². The Morgan fingerprint density at radius 2 is 2.20 bits per heavy atom. The van der Waals surface area contributed by atoms with Gasteiger partial charge in [0.25, 0.3) is 0 Å². The number of nitrogens with zero attached hydrogens (tertiary/aromatic N) is 1. The molecular formula is C10H20N2O3. The molecular weight excluding hydrogens is 196 g/mol. The molecule has 5 heteroatoms. The summed E-state index contributed by atoms with van der Waals surface area (Å²) in [6.07, 6.45) is 1.09. The third kappa shape index (κ3) is 1.90. The quantitative estimate of drug-likeness (QED) is 0.550. The summed E-state index contributed by atoms with van der Waals surface area (Å²) in [5, 5.41) is 22.0. The highest BCUT2D eigenvalue weighted by atomic mass is 16.5. The lowest BCUT2D eigenvalue weighted by Gasteiger charge is -2.35. The van der Waals surface area contributed by atoms with Crippen molar-refractivity contribution >= 4 is 0 Å². The van der Waals surface area contributed by atoms with Gasteiger partial charge in [0.2, 0.25) is 0 Å². The van der Waals surface area contributed by atoms with Gasteiger partial charge < -0.3 is 14.9 Å². The molecule has 0 spiro atoms. The molecule has 0 aromatic carbocycles. The van der Waals surface area contributed by atoms with Gasteiger partial charge in [-0.05, 0) is 26.9 Å². The van der Waals surface area contributed by atoms with Crippen LogP contribution in [0, 0.1) is 5.92 Å². The average molecular weight is 216 g/mol. The normalized spacial score (nSPS) is 46.8. The van der Waals surface area contributed by atoms with Gasteiger partial charge in [-0.3, -0.25) is 10.2 Å². The molecule has 0 radical (unpaired) electrons. The standard InChI is InChI=1S/C10H20N2O3/c1-11-10-12(2)7-4-8(14)6(5-13)3-9(7)15-10/h6-11,13-14H,3-5H2,1-2H3/t6-,7-,8-,9+,10?/m1/s1. The predicted molar refractivity (Wildman–Crippen MR) is 55.1 cm³/mol. The lowest BCUT2D eigenvalue weighted by molar-refractivity contribution is -0.0448. The summed E-state index contributed by atoms with van der Waals surface area (Å²) in [5.74, 6) is -0.0322. The van der Waals surface area contributed by atoms with Crippen LogP contribution in [0.4, 0.5) is 0 Å². The van der Waals surface area contributed by atoms with E-state index in [1.165, 1.54) is 0 Å². The van der Waals surface area contributed by atoms with Gasteiger partial charge >= 0.3 is 0 Å². The van der Waals surface area contributed by atoms with E-state index in [0.29, 0.717) is 6.42 Å². The van der Waals surface area contributed by atoms with Gasteiger partial charge in [-0.1, -0.05) is 0 Å². The second kappa shape index (κ2) is 4.35. The van der Waals surface area contributed by atoms with Crippen molar-refractivity contribution in [1.82, 2.24) is 10.2 Å². The molecule has 3 N–H and O–H groups in total. The molecule has 1 aliphatic carbocycles. The van der Waals surface area contributed by atoms with Crippen LogP contribution < -0.4 is 5.32 Å². The second-order valence-electron chi connectivity index (χ2n) is 4.53. The zero-order valence-electron chi connectivity index (χ0n) is 9.26. The molecule has 2 rings (SSSR count). The molecule has 0 aromatic heterocycles. The van der Waals surface area contributed by atoms with Gasteiger partial charge in [-0.25, -0.2) is 0 Å². The highest BCUT2D eigenvalue weighted by Gasteiger charge is 2.45. The maximum Gasteiger partial charge on any atom is 0.166 e. The summed E-state index contributed by atoms with van der Waals surface area (Å²) in [6, 6.07) is 0.264. The molecule has 0 bridgehead atoms. The largest absolute Gasteiger partial charge is 0.396 e. The van der Waals surface area contributed by atoms with E-state index in [2.05, 4.69) is 10.2 Å². The zero-order valence-corrected chi connectivity index (χ0v) is 9.26. The molecule has 15 heavy (non-hydrogen) atoms. The Balaban J connectivity index is 2.04. The summed E-state index contributed by atoms with van der Waals surface area (Å²) in [4.78, 5) is 2.11. The number of hydrogen-bond donors (Lipinski definition) is 3. The van der Waals surface area contributed by atoms with Crippen LogP contribution in [0.15, 0.2) is 0 Å². The van der Waals surface area contributed by atoms with E-state index >= 15 is 0 Å². The van der Waals surface area contributed by atoms with Crippen LogP contribution in [0.2, 0.25) is 0 Å². The van der Waals surface area contributed by atoms with Crippen LogP contribution in [0.3, 0.4) is 0 Å². The van der Waals surface area contributed by atoms with Crippen molar-refractivity contribution in [3.05, 3.63) is 0 Å². The Labute approximate surface area is 90.0 Å². The summed E-state index contributed by atoms with van der Waals surface area (Å²) in [7, 11) is 3.86. The molecule has 1 aliphatic heterocycles. The van der Waals surface area contributed by atoms with Gasteiger partial charge in [-0.2, -0.15) is 0 Å². The first-order valence-corrected chi connectivity index (χ1v) is 5.51. The molecule has 0 aromatic rings. The van der Waals surface area contributed by atoms with Crippen LogP contribution in [-0.4, -0.2) is 60.4 Å². The van der Waals surface area contributed by atoms with E-state index in [1.54, 1.807) is 0 Å². The fourth-order valence-electron chi connectivity index (χ4n) is 2.68. The molecule has 2 fully saturated rings. The maximum absolute atomic E-state index is 9.83. The summed E-state index contributed by atoms with van der Waals surface area (Å²) >= 11 is 0. The third-order valence-electron chi connectivity index (χ3n) is 3.67. The molecule has 1 saturated heterocycles. The molecule has 1 heterocycles. The van der Waals surface area contributed by atoms with Crippen molar-refractivity contribution in [2.24, 2.45) is 5.92 Å². The van der Waals surface area contributed by atoms with E-state index < -0.39 is 6.10 Å². The van der Waals surface area contributed by atoms with Gasteiger partial charge in [0, 0.05) is 18.6 Å². The number of aliphatic hydroxyl groups is 2. The van der Waals surface area contributed by atoms with Crippen LogP contribution in [0.1, 0.15) is 12.8 Å². The molecule has 5 atom stereocenters. The highest BCUT2D eigenvalue weighted by molar-refractivity contribution is 4.95. The van der Waals surface area contributed by atoms with Gasteiger partial charge in [0.15, 0.2) is 6.35 Å². The molecule has 2 aliphatic rings. The van der Waals surface area contributed by atoms with E-state index in [9.17, 15) is 5.11 Å². The van der Waals surface area contributed by atoms with Crippen LogP contribution in [0.5, 0.6) is 0 Å². The van der Waals surface area contributed by atoms with Crippen molar-refractivity contribution in [2.45, 2.75) is 37.4 Å². The van der Waals surface area contributed by atoms with Crippen molar-refractivity contribution < 1.29 is 14.9 Å². The summed E-state index contributed by atoms with van der Waals surface area (Å²) in [6.45, 7) is 0.0433. The number of nitrogens with one attached hydrogen (secondary N) is 1. The minimum atomic E-state index is -0.405. The fraction of sp³-hybridized carbons (Fsp3) is 1.00. The molecule has 0 amide bonds. The SMILES string of the molecule is CNC1O[C@H]2C[C@H](CO)[C@H](O)C[C@H]2N1C. The first-order valence-electron chi connectivity index (χ1n) is 5.51. The summed E-state index contributed by atoms with van der Waals surface area (Å²) < 4.78 is 5.80. The molecule has 1 saturated carbocycles. The molecule has 88 valence electrons. The minimum Gasteiger partial charge on any atom is -0.396 e. The Bertz CT molecular complexity index is 225. The van der Waals surface area contributed by atoms with Crippen molar-refractivity contribution in [2.75, 3.05) is 20.7 Å². The summed E-state index contributed by atoms with van der Waals surface area (Å²) in [5.41, 5.74) is 0. The van der Waals surface area contributed by atoms with E-state index in [-0.39, 0.29) is 31.0 Å².